The highest BCUT2D eigenvalue weighted by Crippen LogP contribution is 2.38. The van der Waals surface area contributed by atoms with Crippen LogP contribution in [0.15, 0.2) is 66.2 Å². The molecule has 118 valence electrons. The quantitative estimate of drug-likeness (QED) is 0.757. The van der Waals surface area contributed by atoms with E-state index in [1.807, 2.05) is 0 Å². The molecule has 2 aromatic rings. The predicted molar refractivity (Wildman–Crippen MR) is 92.1 cm³/mol. The molecule has 2 unspecified atom stereocenters. The average molecular weight is 306 g/mol. The van der Waals surface area contributed by atoms with Gasteiger partial charge < -0.3 is 9.47 Å². The molecular weight excluding hydrogens is 284 g/mol. The Morgan fingerprint density at radius 2 is 1.57 bits per heavy atom. The lowest BCUT2D eigenvalue weighted by Crippen LogP contribution is -2.21. The normalized spacial score (nSPS) is 23.4. The second-order valence-corrected chi connectivity index (χ2v) is 6.36. The minimum Gasteiger partial charge on any atom is -0.487 e. The van der Waals surface area contributed by atoms with Gasteiger partial charge in [0.1, 0.15) is 11.9 Å². The molecule has 4 rings (SSSR count). The Labute approximate surface area is 137 Å². The van der Waals surface area contributed by atoms with Crippen molar-refractivity contribution in [1.29, 1.82) is 0 Å². The van der Waals surface area contributed by atoms with E-state index in [0.29, 0.717) is 12.5 Å². The summed E-state index contributed by atoms with van der Waals surface area (Å²) in [7, 11) is 0. The molecule has 2 atom stereocenters. The first kappa shape index (κ1) is 14.5. The Morgan fingerprint density at radius 1 is 0.870 bits per heavy atom. The topological polar surface area (TPSA) is 18.5 Å². The van der Waals surface area contributed by atoms with E-state index >= 15 is 0 Å². The third kappa shape index (κ3) is 3.04. The lowest BCUT2D eigenvalue weighted by Gasteiger charge is -2.27. The standard InChI is InChI=1S/C21H22O2/c1-3-8-16(9-4-1)19-14-22-15-20(19)23-21(18-12-7-13-18)17-10-5-2-6-11-17/h1-6,8-11,19-20H,7,12-15H2. The Kier molecular flexibility index (Phi) is 4.16. The highest BCUT2D eigenvalue weighted by molar-refractivity contribution is 5.64. The van der Waals surface area contributed by atoms with Gasteiger partial charge in [-0.25, -0.2) is 0 Å². The molecule has 0 bridgehead atoms. The van der Waals surface area contributed by atoms with E-state index in [1.54, 1.807) is 0 Å². The maximum absolute atomic E-state index is 6.52. The number of hydrogen-bond donors (Lipinski definition) is 0. The minimum atomic E-state index is 0.0979. The summed E-state index contributed by atoms with van der Waals surface area (Å²) < 4.78 is 12.3. The van der Waals surface area contributed by atoms with Gasteiger partial charge in [0.25, 0.3) is 0 Å². The molecule has 1 heterocycles. The number of benzene rings is 2. The van der Waals surface area contributed by atoms with E-state index in [1.165, 1.54) is 23.1 Å². The number of hydrogen-bond acceptors (Lipinski definition) is 2. The predicted octanol–water partition coefficient (Wildman–Crippen LogP) is 4.78. The zero-order valence-electron chi connectivity index (χ0n) is 13.3. The molecule has 0 spiro atoms. The Bertz CT molecular complexity index is 670. The Balaban J connectivity index is 1.60. The summed E-state index contributed by atoms with van der Waals surface area (Å²) in [4.78, 5) is 0. The fourth-order valence-corrected chi connectivity index (χ4v) is 3.34. The summed E-state index contributed by atoms with van der Waals surface area (Å²) in [6.45, 7) is 1.41. The van der Waals surface area contributed by atoms with E-state index in [0.717, 1.165) is 25.2 Å². The Hall–Kier alpha value is -2.06. The van der Waals surface area contributed by atoms with Crippen LogP contribution in [0, 0.1) is 0 Å². The van der Waals surface area contributed by atoms with E-state index < -0.39 is 0 Å². The van der Waals surface area contributed by atoms with Crippen molar-refractivity contribution in [1.82, 2.24) is 0 Å². The van der Waals surface area contributed by atoms with E-state index in [4.69, 9.17) is 9.47 Å². The molecule has 2 heteroatoms. The van der Waals surface area contributed by atoms with E-state index in [-0.39, 0.29) is 6.10 Å². The van der Waals surface area contributed by atoms with Crippen LogP contribution >= 0.6 is 0 Å². The third-order valence-corrected chi connectivity index (χ3v) is 4.84. The number of allylic oxidation sites excluding steroid dienone is 1. The first-order chi connectivity index (χ1) is 11.4. The van der Waals surface area contributed by atoms with Crippen molar-refractivity contribution >= 4 is 5.76 Å². The summed E-state index contributed by atoms with van der Waals surface area (Å²) in [6.07, 6.45) is 3.70. The second kappa shape index (κ2) is 6.59. The van der Waals surface area contributed by atoms with Gasteiger partial charge in [0.05, 0.1) is 13.2 Å². The van der Waals surface area contributed by atoms with Gasteiger partial charge in [-0.05, 0) is 30.4 Å². The van der Waals surface area contributed by atoms with Crippen LogP contribution in [0.3, 0.4) is 0 Å². The van der Waals surface area contributed by atoms with Crippen molar-refractivity contribution in [3.05, 3.63) is 77.4 Å². The molecule has 1 saturated heterocycles. The van der Waals surface area contributed by atoms with E-state index in [9.17, 15) is 0 Å². The molecule has 2 fully saturated rings. The van der Waals surface area contributed by atoms with Crippen LogP contribution in [0.5, 0.6) is 0 Å². The van der Waals surface area contributed by atoms with Crippen LogP contribution in [0.1, 0.15) is 36.3 Å². The van der Waals surface area contributed by atoms with Gasteiger partial charge in [0, 0.05) is 11.5 Å². The van der Waals surface area contributed by atoms with Crippen LogP contribution in [-0.2, 0) is 9.47 Å². The third-order valence-electron chi connectivity index (χ3n) is 4.84. The van der Waals surface area contributed by atoms with Crippen LogP contribution in [0.4, 0.5) is 0 Å². The number of ether oxygens (including phenoxy) is 2. The molecule has 2 aliphatic rings. The second-order valence-electron chi connectivity index (χ2n) is 6.36. The van der Waals surface area contributed by atoms with Crippen molar-refractivity contribution in [3.63, 3.8) is 0 Å². The number of rotatable bonds is 4. The molecule has 1 aliphatic heterocycles. The van der Waals surface area contributed by atoms with Crippen LogP contribution in [0.25, 0.3) is 5.76 Å². The maximum Gasteiger partial charge on any atom is 0.131 e. The molecule has 2 nitrogen and oxygen atoms in total. The lowest BCUT2D eigenvalue weighted by molar-refractivity contribution is 0.119. The van der Waals surface area contributed by atoms with Gasteiger partial charge in [-0.1, -0.05) is 60.7 Å². The van der Waals surface area contributed by atoms with E-state index in [2.05, 4.69) is 60.7 Å². The molecule has 2 aromatic carbocycles. The van der Waals surface area contributed by atoms with Crippen molar-refractivity contribution in [2.75, 3.05) is 13.2 Å². The first-order valence-corrected chi connectivity index (χ1v) is 8.48. The molecule has 0 aromatic heterocycles. The van der Waals surface area contributed by atoms with Gasteiger partial charge in [-0.3, -0.25) is 0 Å². The average Bonchev–Trinajstić information content (AvgIpc) is 3.02. The molecular formula is C21H22O2. The summed E-state index contributed by atoms with van der Waals surface area (Å²) in [5, 5.41) is 0. The van der Waals surface area contributed by atoms with Crippen LogP contribution in [-0.4, -0.2) is 19.3 Å². The maximum atomic E-state index is 6.52. The zero-order chi connectivity index (χ0) is 15.5. The molecule has 1 aliphatic carbocycles. The largest absolute Gasteiger partial charge is 0.487 e. The fourth-order valence-electron chi connectivity index (χ4n) is 3.34. The van der Waals surface area contributed by atoms with Crippen molar-refractivity contribution < 1.29 is 9.47 Å². The van der Waals surface area contributed by atoms with Crippen molar-refractivity contribution in [3.8, 4) is 0 Å². The summed E-state index contributed by atoms with van der Waals surface area (Å²) in [5.41, 5.74) is 3.96. The zero-order valence-corrected chi connectivity index (χ0v) is 13.3. The van der Waals surface area contributed by atoms with Gasteiger partial charge >= 0.3 is 0 Å². The van der Waals surface area contributed by atoms with Gasteiger partial charge in [-0.15, -0.1) is 0 Å². The monoisotopic (exact) mass is 306 g/mol. The minimum absolute atomic E-state index is 0.0979. The molecule has 0 N–H and O–H groups in total. The van der Waals surface area contributed by atoms with Gasteiger partial charge in [0.15, 0.2) is 0 Å². The summed E-state index contributed by atoms with van der Waals surface area (Å²) >= 11 is 0. The van der Waals surface area contributed by atoms with Crippen molar-refractivity contribution in [2.24, 2.45) is 0 Å². The highest BCUT2D eigenvalue weighted by atomic mass is 16.5. The molecule has 1 saturated carbocycles. The van der Waals surface area contributed by atoms with Gasteiger partial charge in [-0.2, -0.15) is 0 Å². The molecule has 23 heavy (non-hydrogen) atoms. The van der Waals surface area contributed by atoms with Crippen LogP contribution < -0.4 is 0 Å². The lowest BCUT2D eigenvalue weighted by atomic mass is 9.89. The smallest absolute Gasteiger partial charge is 0.131 e. The van der Waals surface area contributed by atoms with Gasteiger partial charge in [0.2, 0.25) is 0 Å². The van der Waals surface area contributed by atoms with Crippen LogP contribution in [0.2, 0.25) is 0 Å². The summed E-state index contributed by atoms with van der Waals surface area (Å²) in [5.74, 6) is 1.41. The highest BCUT2D eigenvalue weighted by Gasteiger charge is 2.33. The Morgan fingerprint density at radius 3 is 2.22 bits per heavy atom. The van der Waals surface area contributed by atoms with Crippen molar-refractivity contribution in [2.45, 2.75) is 31.3 Å². The first-order valence-electron chi connectivity index (χ1n) is 8.48. The molecule has 0 radical (unpaired) electrons. The molecule has 0 amide bonds. The summed E-state index contributed by atoms with van der Waals surface area (Å²) in [6, 6.07) is 21.1. The fraction of sp³-hybridized carbons (Fsp3) is 0.333. The SMILES string of the molecule is c1ccc(C(OC2COCC2c2ccccc2)=C2CCC2)cc1.